The number of methoxy groups -OCH3 is 1. The lowest BCUT2D eigenvalue weighted by Gasteiger charge is -2.17. The highest BCUT2D eigenvalue weighted by atomic mass is 16.5. The first-order valence-electron chi connectivity index (χ1n) is 9.08. The maximum atomic E-state index is 11.6. The van der Waals surface area contributed by atoms with E-state index >= 15 is 0 Å². The Morgan fingerprint density at radius 3 is 2.65 bits per heavy atom. The highest BCUT2D eigenvalue weighted by molar-refractivity contribution is 5.80. The molecular weight excluding hydrogens is 332 g/mol. The van der Waals surface area contributed by atoms with Crippen molar-refractivity contribution in [3.05, 3.63) is 29.8 Å². The second kappa shape index (κ2) is 10.7. The molecule has 26 heavy (non-hydrogen) atoms. The number of nitrogens with zero attached hydrogens (tertiary/aromatic N) is 1. The molecule has 1 aliphatic rings. The molecule has 0 aromatic heterocycles. The minimum Gasteiger partial charge on any atom is -0.484 e. The third kappa shape index (κ3) is 7.74. The fraction of sp³-hybridized carbons (Fsp3) is 0.579. The van der Waals surface area contributed by atoms with E-state index in [2.05, 4.69) is 20.9 Å². The maximum Gasteiger partial charge on any atom is 0.258 e. The Hall–Kier alpha value is -2.28. The Bertz CT molecular complexity index is 585. The van der Waals surface area contributed by atoms with Crippen molar-refractivity contribution in [2.45, 2.75) is 38.3 Å². The van der Waals surface area contributed by atoms with Crippen LogP contribution in [0.5, 0.6) is 5.75 Å². The molecule has 7 heteroatoms. The number of aliphatic imine (C=N–C) groups is 1. The minimum absolute atomic E-state index is 0.0534. The van der Waals surface area contributed by atoms with E-state index in [4.69, 9.17) is 9.47 Å². The Kier molecular flexibility index (Phi) is 8.21. The van der Waals surface area contributed by atoms with Gasteiger partial charge in [-0.1, -0.05) is 12.1 Å². The predicted molar refractivity (Wildman–Crippen MR) is 103 cm³/mol. The third-order valence-electron chi connectivity index (χ3n) is 3.97. The number of rotatable bonds is 10. The first-order chi connectivity index (χ1) is 12.6. The number of guanidine groups is 1. The Morgan fingerprint density at radius 1 is 1.31 bits per heavy atom. The van der Waals surface area contributed by atoms with E-state index in [9.17, 15) is 4.79 Å². The van der Waals surface area contributed by atoms with Crippen molar-refractivity contribution in [3.63, 3.8) is 0 Å². The second-order valence-electron chi connectivity index (χ2n) is 6.52. The van der Waals surface area contributed by atoms with Crippen LogP contribution in [-0.2, 0) is 16.0 Å². The molecule has 0 saturated heterocycles. The van der Waals surface area contributed by atoms with Crippen LogP contribution in [0.2, 0.25) is 0 Å². The molecule has 1 aliphatic carbocycles. The van der Waals surface area contributed by atoms with E-state index in [1.165, 1.54) is 5.56 Å². The predicted octanol–water partition coefficient (Wildman–Crippen LogP) is 1.09. The van der Waals surface area contributed by atoms with Crippen molar-refractivity contribution < 1.29 is 14.3 Å². The molecule has 1 amide bonds. The SMILES string of the molecule is CN=C(NCCc1ccc(OCC(=O)NC2CC2)cc1)NC(C)COC. The van der Waals surface area contributed by atoms with Gasteiger partial charge in [0.2, 0.25) is 0 Å². The first kappa shape index (κ1) is 20.0. The summed E-state index contributed by atoms with van der Waals surface area (Å²) in [4.78, 5) is 15.8. The zero-order valence-electron chi connectivity index (χ0n) is 15.9. The topological polar surface area (TPSA) is 84.0 Å². The smallest absolute Gasteiger partial charge is 0.258 e. The van der Waals surface area contributed by atoms with Gasteiger partial charge in [0.1, 0.15) is 5.75 Å². The monoisotopic (exact) mass is 362 g/mol. The van der Waals surface area contributed by atoms with Crippen LogP contribution in [0.1, 0.15) is 25.3 Å². The molecule has 144 valence electrons. The summed E-state index contributed by atoms with van der Waals surface area (Å²) < 4.78 is 10.6. The Morgan fingerprint density at radius 2 is 2.04 bits per heavy atom. The van der Waals surface area contributed by atoms with Gasteiger partial charge in [-0.2, -0.15) is 0 Å². The number of nitrogens with one attached hydrogen (secondary N) is 3. The molecular formula is C19H30N4O3. The van der Waals surface area contributed by atoms with Gasteiger partial charge in [0.05, 0.1) is 6.61 Å². The molecule has 7 nitrogen and oxygen atoms in total. The summed E-state index contributed by atoms with van der Waals surface area (Å²) in [5.74, 6) is 1.41. The van der Waals surface area contributed by atoms with Crippen molar-refractivity contribution in [2.75, 3.05) is 33.9 Å². The van der Waals surface area contributed by atoms with Crippen LogP contribution in [-0.4, -0.2) is 57.9 Å². The third-order valence-corrected chi connectivity index (χ3v) is 3.97. The maximum absolute atomic E-state index is 11.6. The van der Waals surface area contributed by atoms with Crippen LogP contribution in [0.15, 0.2) is 29.3 Å². The molecule has 1 aromatic carbocycles. The van der Waals surface area contributed by atoms with Crippen molar-refractivity contribution in [1.29, 1.82) is 0 Å². The van der Waals surface area contributed by atoms with Crippen molar-refractivity contribution in [2.24, 2.45) is 4.99 Å². The van der Waals surface area contributed by atoms with E-state index in [1.54, 1.807) is 14.2 Å². The molecule has 1 unspecified atom stereocenters. The molecule has 0 heterocycles. The van der Waals surface area contributed by atoms with E-state index in [0.717, 1.165) is 31.8 Å². The van der Waals surface area contributed by atoms with Gasteiger partial charge in [-0.05, 0) is 43.9 Å². The number of carbonyl (C=O) groups excluding carboxylic acids is 1. The lowest BCUT2D eigenvalue weighted by molar-refractivity contribution is -0.123. The van der Waals surface area contributed by atoms with Gasteiger partial charge in [0, 0.05) is 32.8 Å². The van der Waals surface area contributed by atoms with Crippen LogP contribution in [0.25, 0.3) is 0 Å². The van der Waals surface area contributed by atoms with Crippen LogP contribution in [0, 0.1) is 0 Å². The zero-order chi connectivity index (χ0) is 18.8. The highest BCUT2D eigenvalue weighted by Crippen LogP contribution is 2.18. The van der Waals surface area contributed by atoms with Gasteiger partial charge in [-0.15, -0.1) is 0 Å². The average molecular weight is 362 g/mol. The molecule has 0 aliphatic heterocycles. The van der Waals surface area contributed by atoms with Gasteiger partial charge in [-0.3, -0.25) is 9.79 Å². The molecule has 0 bridgehead atoms. The molecule has 1 fully saturated rings. The van der Waals surface area contributed by atoms with E-state index in [1.807, 2.05) is 31.2 Å². The number of ether oxygens (including phenoxy) is 2. The summed E-state index contributed by atoms with van der Waals surface area (Å²) in [7, 11) is 3.43. The molecule has 1 aromatic rings. The van der Waals surface area contributed by atoms with Gasteiger partial charge >= 0.3 is 0 Å². The summed E-state index contributed by atoms with van der Waals surface area (Å²) in [6.45, 7) is 3.50. The number of hydrogen-bond acceptors (Lipinski definition) is 4. The van der Waals surface area contributed by atoms with Crippen LogP contribution >= 0.6 is 0 Å². The molecule has 0 spiro atoms. The Labute approximate surface area is 155 Å². The van der Waals surface area contributed by atoms with E-state index < -0.39 is 0 Å². The summed E-state index contributed by atoms with van der Waals surface area (Å²) in [6, 6.07) is 8.38. The van der Waals surface area contributed by atoms with Crippen molar-refractivity contribution >= 4 is 11.9 Å². The number of benzene rings is 1. The quantitative estimate of drug-likeness (QED) is 0.429. The molecule has 1 saturated carbocycles. The number of carbonyl (C=O) groups is 1. The molecule has 0 radical (unpaired) electrons. The lowest BCUT2D eigenvalue weighted by atomic mass is 10.1. The molecule has 2 rings (SSSR count). The van der Waals surface area contributed by atoms with E-state index in [0.29, 0.717) is 18.4 Å². The van der Waals surface area contributed by atoms with Crippen LogP contribution in [0.3, 0.4) is 0 Å². The van der Waals surface area contributed by atoms with Gasteiger partial charge < -0.3 is 25.4 Å². The van der Waals surface area contributed by atoms with Gasteiger partial charge in [0.15, 0.2) is 12.6 Å². The number of amides is 1. The van der Waals surface area contributed by atoms with E-state index in [-0.39, 0.29) is 18.6 Å². The molecule has 1 atom stereocenters. The lowest BCUT2D eigenvalue weighted by Crippen LogP contribution is -2.44. The summed E-state index contributed by atoms with van der Waals surface area (Å²) in [5, 5.41) is 9.45. The minimum atomic E-state index is -0.0534. The van der Waals surface area contributed by atoms with Crippen LogP contribution in [0.4, 0.5) is 0 Å². The van der Waals surface area contributed by atoms with Gasteiger partial charge in [-0.25, -0.2) is 0 Å². The summed E-state index contributed by atoms with van der Waals surface area (Å²) >= 11 is 0. The standard InChI is InChI=1S/C19H30N4O3/c1-14(12-25-3)22-19(20-2)21-11-10-15-4-8-17(9-5-15)26-13-18(24)23-16-6-7-16/h4-5,8-9,14,16H,6-7,10-13H2,1-3H3,(H,23,24)(H2,20,21,22). The average Bonchev–Trinajstić information content (AvgIpc) is 3.44. The van der Waals surface area contributed by atoms with Gasteiger partial charge in [0.25, 0.3) is 5.91 Å². The zero-order valence-corrected chi connectivity index (χ0v) is 15.9. The van der Waals surface area contributed by atoms with Crippen LogP contribution < -0.4 is 20.7 Å². The normalized spacial score (nSPS) is 15.3. The summed E-state index contributed by atoms with van der Waals surface area (Å²) in [5.41, 5.74) is 1.19. The molecule has 3 N–H and O–H groups in total. The summed E-state index contributed by atoms with van der Waals surface area (Å²) in [6.07, 6.45) is 3.03. The fourth-order valence-corrected chi connectivity index (χ4v) is 2.44. The fourth-order valence-electron chi connectivity index (χ4n) is 2.44. The van der Waals surface area contributed by atoms with Crippen molar-refractivity contribution in [3.8, 4) is 5.75 Å². The van der Waals surface area contributed by atoms with Crippen molar-refractivity contribution in [1.82, 2.24) is 16.0 Å². The Balaban J connectivity index is 1.66. The second-order valence-corrected chi connectivity index (χ2v) is 6.52. The first-order valence-corrected chi connectivity index (χ1v) is 9.08. The number of hydrogen-bond donors (Lipinski definition) is 3. The largest absolute Gasteiger partial charge is 0.484 e. The highest BCUT2D eigenvalue weighted by Gasteiger charge is 2.23.